The van der Waals surface area contributed by atoms with Gasteiger partial charge in [-0.05, 0) is 25.0 Å². The summed E-state index contributed by atoms with van der Waals surface area (Å²) >= 11 is 0. The first kappa shape index (κ1) is 12.8. The van der Waals surface area contributed by atoms with Gasteiger partial charge in [0.25, 0.3) is 5.91 Å². The second-order valence-corrected chi connectivity index (χ2v) is 6.63. The molecule has 0 bridgehead atoms. The third-order valence-electron chi connectivity index (χ3n) is 2.84. The first-order valence-corrected chi connectivity index (χ1v) is 7.51. The van der Waals surface area contributed by atoms with Crippen molar-refractivity contribution in [2.45, 2.75) is 18.9 Å². The molecular weight excluding hydrogens is 254 g/mol. The molecule has 1 aliphatic rings. The summed E-state index contributed by atoms with van der Waals surface area (Å²) in [5, 5.41) is 2.72. The maximum atomic E-state index is 11.9. The van der Waals surface area contributed by atoms with Crippen LogP contribution < -0.4 is 11.1 Å². The van der Waals surface area contributed by atoms with Crippen LogP contribution in [0.15, 0.2) is 18.3 Å². The topological polar surface area (TPSA) is 102 Å². The fraction of sp³-hybridized carbons (Fsp3) is 0.455. The molecule has 7 heteroatoms. The Morgan fingerprint density at radius 1 is 1.50 bits per heavy atom. The lowest BCUT2D eigenvalue weighted by Crippen LogP contribution is -2.43. The van der Waals surface area contributed by atoms with Crippen LogP contribution in [0.2, 0.25) is 0 Å². The summed E-state index contributed by atoms with van der Waals surface area (Å²) in [7, 11) is -3.02. The average molecular weight is 269 g/mol. The monoisotopic (exact) mass is 269 g/mol. The Morgan fingerprint density at radius 3 is 2.94 bits per heavy atom. The van der Waals surface area contributed by atoms with Gasteiger partial charge < -0.3 is 11.1 Å². The van der Waals surface area contributed by atoms with Gasteiger partial charge in [-0.3, -0.25) is 4.79 Å². The van der Waals surface area contributed by atoms with Crippen LogP contribution in [0.1, 0.15) is 23.2 Å². The molecule has 1 amide bonds. The van der Waals surface area contributed by atoms with Gasteiger partial charge in [-0.2, -0.15) is 0 Å². The smallest absolute Gasteiger partial charge is 0.251 e. The highest BCUT2D eigenvalue weighted by Crippen LogP contribution is 2.13. The lowest BCUT2D eigenvalue weighted by molar-refractivity contribution is 0.0938. The van der Waals surface area contributed by atoms with E-state index in [1.54, 1.807) is 6.07 Å². The van der Waals surface area contributed by atoms with Crippen molar-refractivity contribution in [3.05, 3.63) is 23.9 Å². The largest absolute Gasteiger partial charge is 0.384 e. The van der Waals surface area contributed by atoms with E-state index in [2.05, 4.69) is 10.3 Å². The van der Waals surface area contributed by atoms with E-state index in [0.717, 1.165) is 0 Å². The zero-order valence-electron chi connectivity index (χ0n) is 9.80. The normalized spacial score (nSPS) is 22.3. The molecule has 98 valence electrons. The van der Waals surface area contributed by atoms with E-state index in [0.29, 0.717) is 18.4 Å². The van der Waals surface area contributed by atoms with E-state index < -0.39 is 9.84 Å². The van der Waals surface area contributed by atoms with Crippen molar-refractivity contribution in [1.82, 2.24) is 10.3 Å². The molecule has 0 spiro atoms. The number of nitrogens with two attached hydrogens (primary N) is 1. The van der Waals surface area contributed by atoms with Crippen LogP contribution in [-0.2, 0) is 9.84 Å². The standard InChI is InChI=1S/C11H15N3O3S/c12-10-6-8(3-4-13-10)11(15)14-9-2-1-5-18(16,17)7-9/h3-4,6,9H,1-2,5,7H2,(H2,12,13)(H,14,15). The van der Waals surface area contributed by atoms with Crippen molar-refractivity contribution in [1.29, 1.82) is 0 Å². The highest BCUT2D eigenvalue weighted by Gasteiger charge is 2.26. The molecular formula is C11H15N3O3S. The van der Waals surface area contributed by atoms with Crippen molar-refractivity contribution in [3.63, 3.8) is 0 Å². The number of amides is 1. The van der Waals surface area contributed by atoms with E-state index in [1.165, 1.54) is 12.3 Å². The molecule has 0 radical (unpaired) electrons. The van der Waals surface area contributed by atoms with Gasteiger partial charge >= 0.3 is 0 Å². The molecule has 1 fully saturated rings. The van der Waals surface area contributed by atoms with Crippen molar-refractivity contribution < 1.29 is 13.2 Å². The maximum absolute atomic E-state index is 11.9. The van der Waals surface area contributed by atoms with Crippen LogP contribution >= 0.6 is 0 Å². The number of pyridine rings is 1. The first-order valence-electron chi connectivity index (χ1n) is 5.69. The minimum atomic E-state index is -3.02. The molecule has 2 rings (SSSR count). The number of carbonyl (C=O) groups excluding carboxylic acids is 1. The number of anilines is 1. The predicted octanol–water partition coefficient (Wildman–Crippen LogP) is -0.0292. The van der Waals surface area contributed by atoms with Gasteiger partial charge in [-0.25, -0.2) is 13.4 Å². The minimum absolute atomic E-state index is 0.0132. The number of carbonyl (C=O) groups is 1. The Hall–Kier alpha value is -1.63. The summed E-state index contributed by atoms with van der Waals surface area (Å²) in [4.78, 5) is 15.7. The SMILES string of the molecule is Nc1cc(C(=O)NC2CCCS(=O)(=O)C2)ccn1. The predicted molar refractivity (Wildman–Crippen MR) is 67.8 cm³/mol. The molecule has 3 N–H and O–H groups in total. The molecule has 0 aromatic carbocycles. The zero-order chi connectivity index (χ0) is 13.2. The van der Waals surface area contributed by atoms with Crippen molar-refractivity contribution in [2.75, 3.05) is 17.2 Å². The summed E-state index contributed by atoms with van der Waals surface area (Å²) in [6, 6.07) is 2.70. The Labute approximate surface area is 106 Å². The highest BCUT2D eigenvalue weighted by atomic mass is 32.2. The highest BCUT2D eigenvalue weighted by molar-refractivity contribution is 7.91. The molecule has 18 heavy (non-hydrogen) atoms. The summed E-state index contributed by atoms with van der Waals surface area (Å²) in [6.07, 6.45) is 2.72. The number of sulfone groups is 1. The number of nitrogens with zero attached hydrogens (tertiary/aromatic N) is 1. The van der Waals surface area contributed by atoms with Crippen LogP contribution in [0.4, 0.5) is 5.82 Å². The van der Waals surface area contributed by atoms with E-state index in [9.17, 15) is 13.2 Å². The fourth-order valence-electron chi connectivity index (χ4n) is 1.99. The Kier molecular flexibility index (Phi) is 3.51. The number of nitrogen functional groups attached to an aromatic ring is 1. The first-order chi connectivity index (χ1) is 8.46. The lowest BCUT2D eigenvalue weighted by Gasteiger charge is -2.22. The summed E-state index contributed by atoms with van der Waals surface area (Å²) in [5.74, 6) is 0.172. The molecule has 0 aliphatic carbocycles. The quantitative estimate of drug-likeness (QED) is 0.785. The molecule has 1 aromatic rings. The van der Waals surface area contributed by atoms with E-state index in [1.807, 2.05) is 0 Å². The van der Waals surface area contributed by atoms with E-state index >= 15 is 0 Å². The molecule has 2 heterocycles. The molecule has 0 saturated carbocycles. The van der Waals surface area contributed by atoms with Gasteiger partial charge in [-0.1, -0.05) is 0 Å². The minimum Gasteiger partial charge on any atom is -0.384 e. The van der Waals surface area contributed by atoms with Gasteiger partial charge in [0.15, 0.2) is 9.84 Å². The summed E-state index contributed by atoms with van der Waals surface area (Å²) in [6.45, 7) is 0. The van der Waals surface area contributed by atoms with Gasteiger partial charge in [0.2, 0.25) is 0 Å². The second-order valence-electron chi connectivity index (χ2n) is 4.40. The fourth-order valence-corrected chi connectivity index (χ4v) is 3.63. The van der Waals surface area contributed by atoms with Crippen LogP contribution in [0, 0.1) is 0 Å². The van der Waals surface area contributed by atoms with Crippen molar-refractivity contribution in [2.24, 2.45) is 0 Å². The van der Waals surface area contributed by atoms with Crippen molar-refractivity contribution >= 4 is 21.6 Å². The summed E-state index contributed by atoms with van der Waals surface area (Å²) < 4.78 is 22.9. The Bertz CT molecular complexity index is 556. The number of rotatable bonds is 2. The van der Waals surface area contributed by atoms with Crippen LogP contribution in [0.3, 0.4) is 0 Å². The maximum Gasteiger partial charge on any atom is 0.251 e. The van der Waals surface area contributed by atoms with E-state index in [-0.39, 0.29) is 29.3 Å². The molecule has 1 aromatic heterocycles. The molecule has 6 nitrogen and oxygen atoms in total. The third kappa shape index (κ3) is 3.19. The van der Waals surface area contributed by atoms with Crippen LogP contribution in [0.25, 0.3) is 0 Å². The lowest BCUT2D eigenvalue weighted by atomic mass is 10.1. The van der Waals surface area contributed by atoms with Crippen LogP contribution in [0.5, 0.6) is 0 Å². The molecule has 1 atom stereocenters. The zero-order valence-corrected chi connectivity index (χ0v) is 10.6. The molecule has 1 unspecified atom stereocenters. The van der Waals surface area contributed by atoms with Crippen molar-refractivity contribution in [3.8, 4) is 0 Å². The van der Waals surface area contributed by atoms with Crippen LogP contribution in [-0.4, -0.2) is 36.9 Å². The third-order valence-corrected chi connectivity index (χ3v) is 4.66. The van der Waals surface area contributed by atoms with Gasteiger partial charge in [0.05, 0.1) is 11.5 Å². The summed E-state index contributed by atoms with van der Waals surface area (Å²) in [5.41, 5.74) is 5.88. The second kappa shape index (κ2) is 4.93. The molecule has 1 aliphatic heterocycles. The van der Waals surface area contributed by atoms with Gasteiger partial charge in [0.1, 0.15) is 5.82 Å². The Balaban J connectivity index is 2.03. The van der Waals surface area contributed by atoms with Gasteiger partial charge in [-0.15, -0.1) is 0 Å². The van der Waals surface area contributed by atoms with E-state index in [4.69, 9.17) is 5.73 Å². The number of nitrogens with one attached hydrogen (secondary N) is 1. The number of aromatic nitrogens is 1. The average Bonchev–Trinajstić information content (AvgIpc) is 2.27. The Morgan fingerprint density at radius 2 is 2.28 bits per heavy atom. The van der Waals surface area contributed by atoms with Gasteiger partial charge in [0, 0.05) is 17.8 Å². The number of hydrogen-bond donors (Lipinski definition) is 2. The number of hydrogen-bond acceptors (Lipinski definition) is 5. The molecule has 1 saturated heterocycles.